The van der Waals surface area contributed by atoms with Crippen LogP contribution in [0.5, 0.6) is 0 Å². The molecular formula is C9H15BrO3. The molecule has 0 fully saturated rings. The van der Waals surface area contributed by atoms with Gasteiger partial charge in [0.1, 0.15) is 4.83 Å². The molecule has 0 amide bonds. The molecule has 4 heteroatoms. The second-order valence-electron chi connectivity index (χ2n) is 2.77. The Labute approximate surface area is 87.2 Å². The van der Waals surface area contributed by atoms with Crippen molar-refractivity contribution >= 4 is 21.9 Å². The molecular weight excluding hydrogens is 236 g/mol. The first-order valence-corrected chi connectivity index (χ1v) is 4.93. The minimum absolute atomic E-state index is 0.310. The minimum atomic E-state index is -0.373. The van der Waals surface area contributed by atoms with E-state index in [0.717, 1.165) is 12.0 Å². The van der Waals surface area contributed by atoms with Crippen LogP contribution in [0, 0.1) is 0 Å². The lowest BCUT2D eigenvalue weighted by atomic mass is 10.3. The van der Waals surface area contributed by atoms with Crippen LogP contribution >= 0.6 is 15.9 Å². The van der Waals surface area contributed by atoms with Crippen molar-refractivity contribution in [1.82, 2.24) is 0 Å². The van der Waals surface area contributed by atoms with Gasteiger partial charge in [0.2, 0.25) is 0 Å². The van der Waals surface area contributed by atoms with E-state index in [1.165, 1.54) is 7.11 Å². The molecule has 0 bridgehead atoms. The molecule has 0 aliphatic carbocycles. The Bertz CT molecular complexity index is 180. The first-order valence-electron chi connectivity index (χ1n) is 4.02. The van der Waals surface area contributed by atoms with Crippen molar-refractivity contribution in [2.45, 2.75) is 18.2 Å². The molecule has 0 radical (unpaired) electrons. The molecule has 13 heavy (non-hydrogen) atoms. The summed E-state index contributed by atoms with van der Waals surface area (Å²) in [4.78, 5) is 10.5. The standard InChI is InChI=1S/C9H15BrO3/c1-7(2)4-5-13-6-8(10)9(11)12-3/h8H,1,4-6H2,2-3H3. The second-order valence-corrected chi connectivity index (χ2v) is 3.88. The number of hydrogen-bond acceptors (Lipinski definition) is 3. The topological polar surface area (TPSA) is 35.5 Å². The third-order valence-electron chi connectivity index (χ3n) is 1.39. The smallest absolute Gasteiger partial charge is 0.321 e. The molecule has 0 aliphatic heterocycles. The molecule has 0 spiro atoms. The SMILES string of the molecule is C=C(C)CCOCC(Br)C(=O)OC. The van der Waals surface area contributed by atoms with Crippen molar-refractivity contribution in [2.24, 2.45) is 0 Å². The van der Waals surface area contributed by atoms with E-state index in [1.807, 2.05) is 6.92 Å². The van der Waals surface area contributed by atoms with E-state index in [1.54, 1.807) is 0 Å². The number of esters is 1. The zero-order valence-electron chi connectivity index (χ0n) is 8.01. The van der Waals surface area contributed by atoms with Gasteiger partial charge in [-0.2, -0.15) is 0 Å². The van der Waals surface area contributed by atoms with Crippen molar-refractivity contribution in [3.05, 3.63) is 12.2 Å². The van der Waals surface area contributed by atoms with E-state index in [0.29, 0.717) is 13.2 Å². The largest absolute Gasteiger partial charge is 0.468 e. The molecule has 1 atom stereocenters. The number of rotatable bonds is 6. The maximum Gasteiger partial charge on any atom is 0.321 e. The molecule has 0 saturated heterocycles. The first kappa shape index (κ1) is 12.7. The van der Waals surface area contributed by atoms with Gasteiger partial charge in [-0.25, -0.2) is 0 Å². The van der Waals surface area contributed by atoms with Gasteiger partial charge in [-0.1, -0.05) is 21.5 Å². The van der Waals surface area contributed by atoms with Crippen LogP contribution in [-0.2, 0) is 14.3 Å². The Kier molecular flexibility index (Phi) is 6.90. The van der Waals surface area contributed by atoms with Crippen molar-refractivity contribution in [3.8, 4) is 0 Å². The van der Waals surface area contributed by atoms with Gasteiger partial charge in [-0.05, 0) is 13.3 Å². The monoisotopic (exact) mass is 250 g/mol. The molecule has 0 aliphatic rings. The Hall–Kier alpha value is -0.350. The molecule has 0 saturated carbocycles. The number of hydrogen-bond donors (Lipinski definition) is 0. The third-order valence-corrected chi connectivity index (χ3v) is 2.03. The summed E-state index contributed by atoms with van der Waals surface area (Å²) < 4.78 is 9.73. The van der Waals surface area contributed by atoms with Gasteiger partial charge in [0.15, 0.2) is 0 Å². The molecule has 0 rings (SSSR count). The Morgan fingerprint density at radius 2 is 2.23 bits per heavy atom. The van der Waals surface area contributed by atoms with E-state index in [2.05, 4.69) is 27.2 Å². The summed E-state index contributed by atoms with van der Waals surface area (Å²) in [7, 11) is 1.35. The van der Waals surface area contributed by atoms with E-state index in [4.69, 9.17) is 4.74 Å². The molecule has 0 aromatic rings. The van der Waals surface area contributed by atoms with Crippen LogP contribution in [0.25, 0.3) is 0 Å². The zero-order valence-corrected chi connectivity index (χ0v) is 9.59. The van der Waals surface area contributed by atoms with Crippen LogP contribution in [0.15, 0.2) is 12.2 Å². The van der Waals surface area contributed by atoms with Crippen LogP contribution < -0.4 is 0 Å². The summed E-state index contributed by atoms with van der Waals surface area (Å²) in [6.45, 7) is 6.60. The highest BCUT2D eigenvalue weighted by molar-refractivity contribution is 9.10. The van der Waals surface area contributed by atoms with E-state index in [-0.39, 0.29) is 10.8 Å². The van der Waals surface area contributed by atoms with Gasteiger partial charge in [0, 0.05) is 0 Å². The van der Waals surface area contributed by atoms with Crippen LogP contribution in [0.2, 0.25) is 0 Å². The summed E-state index contributed by atoms with van der Waals surface area (Å²) in [6.07, 6.45) is 0.820. The van der Waals surface area contributed by atoms with Crippen LogP contribution in [0.3, 0.4) is 0 Å². The zero-order chi connectivity index (χ0) is 10.3. The fourth-order valence-electron chi connectivity index (χ4n) is 0.629. The average Bonchev–Trinajstić information content (AvgIpc) is 2.10. The molecule has 0 heterocycles. The highest BCUT2D eigenvalue weighted by Gasteiger charge is 2.14. The van der Waals surface area contributed by atoms with Crippen molar-refractivity contribution < 1.29 is 14.3 Å². The quantitative estimate of drug-likeness (QED) is 0.313. The first-order chi connectivity index (χ1) is 6.07. The Balaban J connectivity index is 3.42. The summed E-state index contributed by atoms with van der Waals surface area (Å²) in [5, 5.41) is 0. The van der Waals surface area contributed by atoms with Gasteiger partial charge in [-0.3, -0.25) is 4.79 Å². The maximum atomic E-state index is 10.9. The summed E-state index contributed by atoms with van der Waals surface area (Å²) in [6, 6.07) is 0. The maximum absolute atomic E-state index is 10.9. The van der Waals surface area contributed by atoms with Crippen LogP contribution in [0.1, 0.15) is 13.3 Å². The van der Waals surface area contributed by atoms with E-state index in [9.17, 15) is 4.79 Å². The molecule has 76 valence electrons. The van der Waals surface area contributed by atoms with Gasteiger partial charge in [-0.15, -0.1) is 6.58 Å². The number of carbonyl (C=O) groups is 1. The van der Waals surface area contributed by atoms with Crippen molar-refractivity contribution in [3.63, 3.8) is 0 Å². The number of alkyl halides is 1. The van der Waals surface area contributed by atoms with E-state index >= 15 is 0 Å². The molecule has 0 aromatic carbocycles. The lowest BCUT2D eigenvalue weighted by Gasteiger charge is -2.08. The highest BCUT2D eigenvalue weighted by atomic mass is 79.9. The van der Waals surface area contributed by atoms with Crippen LogP contribution in [0.4, 0.5) is 0 Å². The number of halogens is 1. The third kappa shape index (κ3) is 6.78. The predicted molar refractivity (Wildman–Crippen MR) is 55.0 cm³/mol. The van der Waals surface area contributed by atoms with Crippen LogP contribution in [-0.4, -0.2) is 31.1 Å². The van der Waals surface area contributed by atoms with Gasteiger partial charge in [0.05, 0.1) is 20.3 Å². The average molecular weight is 251 g/mol. The molecule has 0 N–H and O–H groups in total. The highest BCUT2D eigenvalue weighted by Crippen LogP contribution is 2.03. The number of methoxy groups -OCH3 is 1. The lowest BCUT2D eigenvalue weighted by molar-refractivity contribution is -0.140. The summed E-state index contributed by atoms with van der Waals surface area (Å²) in [5.41, 5.74) is 1.07. The van der Waals surface area contributed by atoms with Gasteiger partial charge < -0.3 is 9.47 Å². The Morgan fingerprint density at radius 1 is 1.62 bits per heavy atom. The lowest BCUT2D eigenvalue weighted by Crippen LogP contribution is -2.21. The van der Waals surface area contributed by atoms with Crippen molar-refractivity contribution in [1.29, 1.82) is 0 Å². The second kappa shape index (κ2) is 7.09. The number of ether oxygens (including phenoxy) is 2. The molecule has 1 unspecified atom stereocenters. The minimum Gasteiger partial charge on any atom is -0.468 e. The van der Waals surface area contributed by atoms with Gasteiger partial charge >= 0.3 is 5.97 Å². The fourth-order valence-corrected chi connectivity index (χ4v) is 1.00. The molecule has 3 nitrogen and oxygen atoms in total. The normalized spacial score (nSPS) is 12.2. The van der Waals surface area contributed by atoms with E-state index < -0.39 is 0 Å². The molecule has 0 aromatic heterocycles. The summed E-state index contributed by atoms with van der Waals surface area (Å²) in [5.74, 6) is -0.310. The Morgan fingerprint density at radius 3 is 2.69 bits per heavy atom. The fraction of sp³-hybridized carbons (Fsp3) is 0.667. The predicted octanol–water partition coefficient (Wildman–Crippen LogP) is 1.91. The van der Waals surface area contributed by atoms with Crippen molar-refractivity contribution in [2.75, 3.05) is 20.3 Å². The number of carbonyl (C=O) groups excluding carboxylic acids is 1. The summed E-state index contributed by atoms with van der Waals surface area (Å²) >= 11 is 3.15. The van der Waals surface area contributed by atoms with Gasteiger partial charge in [0.25, 0.3) is 0 Å².